The van der Waals surface area contributed by atoms with E-state index in [1.165, 1.54) is 12.8 Å². The van der Waals surface area contributed by atoms with Gasteiger partial charge in [0.25, 0.3) is 0 Å². The van der Waals surface area contributed by atoms with Crippen molar-refractivity contribution in [2.75, 3.05) is 39.3 Å². The smallest absolute Gasteiger partial charge is 0.236 e. The van der Waals surface area contributed by atoms with Crippen LogP contribution in [0.2, 0.25) is 0 Å². The molecule has 3 heterocycles. The Morgan fingerprint density at radius 1 is 1.23 bits per heavy atom. The quantitative estimate of drug-likeness (QED) is 0.811. The van der Waals surface area contributed by atoms with E-state index in [1.54, 1.807) is 0 Å². The molecule has 1 aromatic rings. The van der Waals surface area contributed by atoms with Crippen LogP contribution in [0.3, 0.4) is 0 Å². The highest BCUT2D eigenvalue weighted by molar-refractivity contribution is 5.78. The molecule has 0 radical (unpaired) electrons. The van der Waals surface area contributed by atoms with Crippen LogP contribution in [0, 0.1) is 5.92 Å². The third-order valence-corrected chi connectivity index (χ3v) is 5.99. The second-order valence-corrected chi connectivity index (χ2v) is 8.28. The van der Waals surface area contributed by atoms with Crippen LogP contribution >= 0.6 is 0 Å². The molecule has 3 aliphatic rings. The molecule has 5 nitrogen and oxygen atoms in total. The summed E-state index contributed by atoms with van der Waals surface area (Å²) in [6.07, 6.45) is 4.61. The van der Waals surface area contributed by atoms with Gasteiger partial charge >= 0.3 is 0 Å². The van der Waals surface area contributed by atoms with Crippen molar-refractivity contribution in [2.45, 2.75) is 44.3 Å². The second kappa shape index (κ2) is 7.57. The van der Waals surface area contributed by atoms with Crippen molar-refractivity contribution in [1.29, 1.82) is 0 Å². The number of benzene rings is 1. The lowest BCUT2D eigenvalue weighted by molar-refractivity contribution is -0.136. The lowest BCUT2D eigenvalue weighted by Gasteiger charge is -2.35. The van der Waals surface area contributed by atoms with Crippen LogP contribution in [0.4, 0.5) is 0 Å². The van der Waals surface area contributed by atoms with Gasteiger partial charge in [0.2, 0.25) is 5.91 Å². The topological polar surface area (TPSA) is 42.0 Å². The van der Waals surface area contributed by atoms with Gasteiger partial charge < -0.3 is 14.4 Å². The SMILES string of the molecule is C[C@]1(COc2ccccc2)C[C@@H]2CN(C(=O)CN3CCCC3)CC[C@@H]2O1. The third-order valence-electron chi connectivity index (χ3n) is 5.99. The summed E-state index contributed by atoms with van der Waals surface area (Å²) < 4.78 is 12.3. The monoisotopic (exact) mass is 358 g/mol. The molecule has 3 saturated heterocycles. The summed E-state index contributed by atoms with van der Waals surface area (Å²) in [7, 11) is 0. The fourth-order valence-electron chi connectivity index (χ4n) is 4.63. The standard InChI is InChI=1S/C21H30N2O3/c1-21(16-25-18-7-3-2-4-8-18)13-17-14-23(12-9-19(17)26-21)20(24)15-22-10-5-6-11-22/h2-4,7-8,17,19H,5-6,9-16H2,1H3/t17-,19+,21-/m1/s1. The summed E-state index contributed by atoms with van der Waals surface area (Å²) in [4.78, 5) is 17.0. The van der Waals surface area contributed by atoms with Crippen molar-refractivity contribution >= 4 is 5.91 Å². The molecule has 1 amide bonds. The summed E-state index contributed by atoms with van der Waals surface area (Å²) in [5.74, 6) is 1.60. The van der Waals surface area contributed by atoms with Crippen LogP contribution in [0.1, 0.15) is 32.6 Å². The number of carbonyl (C=O) groups excluding carboxylic acids is 1. The lowest BCUT2D eigenvalue weighted by Crippen LogP contribution is -2.47. The molecule has 5 heteroatoms. The number of para-hydroxylation sites is 1. The van der Waals surface area contributed by atoms with E-state index in [0.717, 1.165) is 44.8 Å². The zero-order valence-electron chi connectivity index (χ0n) is 15.7. The number of fused-ring (bicyclic) bond motifs is 1. The fraction of sp³-hybridized carbons (Fsp3) is 0.667. The van der Waals surface area contributed by atoms with Crippen molar-refractivity contribution in [3.05, 3.63) is 30.3 Å². The normalized spacial score (nSPS) is 31.8. The highest BCUT2D eigenvalue weighted by Crippen LogP contribution is 2.39. The number of carbonyl (C=O) groups is 1. The Balaban J connectivity index is 1.30. The van der Waals surface area contributed by atoms with Crippen molar-refractivity contribution in [2.24, 2.45) is 5.92 Å². The summed E-state index contributed by atoms with van der Waals surface area (Å²) >= 11 is 0. The molecule has 142 valence electrons. The van der Waals surface area contributed by atoms with E-state index in [4.69, 9.17) is 9.47 Å². The van der Waals surface area contributed by atoms with E-state index >= 15 is 0 Å². The number of piperidine rings is 1. The van der Waals surface area contributed by atoms with Gasteiger partial charge in [-0.25, -0.2) is 0 Å². The summed E-state index contributed by atoms with van der Waals surface area (Å²) in [5.41, 5.74) is -0.265. The Bertz CT molecular complexity index is 617. The molecule has 0 aromatic heterocycles. The van der Waals surface area contributed by atoms with Crippen molar-refractivity contribution in [3.63, 3.8) is 0 Å². The van der Waals surface area contributed by atoms with Gasteiger partial charge in [-0.05, 0) is 57.8 Å². The molecule has 0 saturated carbocycles. The molecular weight excluding hydrogens is 328 g/mol. The average molecular weight is 358 g/mol. The van der Waals surface area contributed by atoms with E-state index in [2.05, 4.69) is 16.7 Å². The van der Waals surface area contributed by atoms with Crippen molar-refractivity contribution < 1.29 is 14.3 Å². The van der Waals surface area contributed by atoms with Crippen LogP contribution in [0.25, 0.3) is 0 Å². The molecule has 3 fully saturated rings. The number of ether oxygens (including phenoxy) is 2. The fourth-order valence-corrected chi connectivity index (χ4v) is 4.63. The summed E-state index contributed by atoms with van der Waals surface area (Å²) in [5, 5.41) is 0. The first kappa shape index (κ1) is 17.8. The van der Waals surface area contributed by atoms with E-state index in [1.807, 2.05) is 30.3 Å². The lowest BCUT2D eigenvalue weighted by atomic mass is 9.89. The van der Waals surface area contributed by atoms with Gasteiger partial charge in [-0.3, -0.25) is 9.69 Å². The first-order valence-electron chi connectivity index (χ1n) is 9.97. The molecule has 0 spiro atoms. The van der Waals surface area contributed by atoms with Gasteiger partial charge in [0, 0.05) is 19.0 Å². The van der Waals surface area contributed by atoms with Gasteiger partial charge in [0.15, 0.2) is 0 Å². The van der Waals surface area contributed by atoms with Gasteiger partial charge in [0.05, 0.1) is 12.6 Å². The zero-order valence-corrected chi connectivity index (χ0v) is 15.7. The average Bonchev–Trinajstić information content (AvgIpc) is 3.27. The summed E-state index contributed by atoms with van der Waals surface area (Å²) in [6, 6.07) is 9.91. The van der Waals surface area contributed by atoms with Gasteiger partial charge in [-0.1, -0.05) is 18.2 Å². The van der Waals surface area contributed by atoms with Crippen molar-refractivity contribution in [1.82, 2.24) is 9.80 Å². The largest absolute Gasteiger partial charge is 0.491 e. The van der Waals surface area contributed by atoms with Crippen molar-refractivity contribution in [3.8, 4) is 5.75 Å². The van der Waals surface area contributed by atoms with E-state index < -0.39 is 0 Å². The highest BCUT2D eigenvalue weighted by Gasteiger charge is 2.46. The number of hydrogen-bond donors (Lipinski definition) is 0. The number of nitrogens with zero attached hydrogens (tertiary/aromatic N) is 2. The second-order valence-electron chi connectivity index (χ2n) is 8.28. The Morgan fingerprint density at radius 2 is 2.00 bits per heavy atom. The first-order valence-corrected chi connectivity index (χ1v) is 9.97. The van der Waals surface area contributed by atoms with E-state index in [-0.39, 0.29) is 11.7 Å². The molecule has 4 rings (SSSR count). The molecule has 3 aliphatic heterocycles. The number of amides is 1. The third kappa shape index (κ3) is 4.04. The number of likely N-dealkylation sites (tertiary alicyclic amines) is 2. The molecule has 0 bridgehead atoms. The number of hydrogen-bond acceptors (Lipinski definition) is 4. The van der Waals surface area contributed by atoms with Crippen LogP contribution < -0.4 is 4.74 Å². The van der Waals surface area contributed by atoms with Gasteiger partial charge in [0.1, 0.15) is 18.0 Å². The minimum atomic E-state index is -0.265. The van der Waals surface area contributed by atoms with Crippen LogP contribution in [-0.2, 0) is 9.53 Å². The van der Waals surface area contributed by atoms with Gasteiger partial charge in [-0.2, -0.15) is 0 Å². The summed E-state index contributed by atoms with van der Waals surface area (Å²) in [6.45, 7) is 7.10. The predicted octanol–water partition coefficient (Wildman–Crippen LogP) is 2.56. The Morgan fingerprint density at radius 3 is 2.77 bits per heavy atom. The van der Waals surface area contributed by atoms with E-state index in [9.17, 15) is 4.79 Å². The van der Waals surface area contributed by atoms with Crippen LogP contribution in [0.5, 0.6) is 5.75 Å². The first-order chi connectivity index (χ1) is 12.6. The maximum atomic E-state index is 12.6. The van der Waals surface area contributed by atoms with Crippen LogP contribution in [0.15, 0.2) is 30.3 Å². The molecule has 26 heavy (non-hydrogen) atoms. The Hall–Kier alpha value is -1.59. The molecule has 0 unspecified atom stereocenters. The van der Waals surface area contributed by atoms with E-state index in [0.29, 0.717) is 25.0 Å². The minimum Gasteiger partial charge on any atom is -0.491 e. The number of rotatable bonds is 5. The highest BCUT2D eigenvalue weighted by atomic mass is 16.6. The zero-order chi connectivity index (χ0) is 18.0. The Labute approximate surface area is 156 Å². The maximum absolute atomic E-state index is 12.6. The molecular formula is C21H30N2O3. The maximum Gasteiger partial charge on any atom is 0.236 e. The molecule has 0 aliphatic carbocycles. The van der Waals surface area contributed by atoms with Gasteiger partial charge in [-0.15, -0.1) is 0 Å². The predicted molar refractivity (Wildman–Crippen MR) is 100 cm³/mol. The minimum absolute atomic E-state index is 0.259. The Kier molecular flexibility index (Phi) is 5.18. The molecule has 0 N–H and O–H groups in total. The molecule has 3 atom stereocenters. The molecule has 1 aromatic carbocycles. The van der Waals surface area contributed by atoms with Crippen LogP contribution in [-0.4, -0.2) is 66.7 Å².